The predicted molar refractivity (Wildman–Crippen MR) is 116 cm³/mol. The zero-order chi connectivity index (χ0) is 19.8. The van der Waals surface area contributed by atoms with Crippen molar-refractivity contribution in [2.45, 2.75) is 6.92 Å². The van der Waals surface area contributed by atoms with Gasteiger partial charge in [0.1, 0.15) is 0 Å². The minimum absolute atomic E-state index is 0.972. The first-order valence-corrected chi connectivity index (χ1v) is 9.77. The SMILES string of the molecule is CC(=O)[O-].c1ccc(-c2cc(-c3ccccc3)[s+]c(-c3ccccc3)c2)cc1. The maximum Gasteiger partial charge on any atom is 0.239 e. The summed E-state index contributed by atoms with van der Waals surface area (Å²) in [7, 11) is 0. The molecule has 4 aromatic rings. The minimum Gasteiger partial charge on any atom is -0.550 e. The smallest absolute Gasteiger partial charge is 0.239 e. The van der Waals surface area contributed by atoms with E-state index in [9.17, 15) is 0 Å². The highest BCUT2D eigenvalue weighted by Crippen LogP contribution is 2.37. The molecule has 0 saturated carbocycles. The van der Waals surface area contributed by atoms with Crippen LogP contribution in [0.15, 0.2) is 103 Å². The zero-order valence-corrected chi connectivity index (χ0v) is 16.4. The van der Waals surface area contributed by atoms with Gasteiger partial charge in [-0.3, -0.25) is 0 Å². The zero-order valence-electron chi connectivity index (χ0n) is 15.5. The highest BCUT2D eigenvalue weighted by atomic mass is 32.1. The summed E-state index contributed by atoms with van der Waals surface area (Å²) in [5.74, 6) is -1.08. The lowest BCUT2D eigenvalue weighted by Gasteiger charge is -2.02. The maximum absolute atomic E-state index is 8.89. The maximum atomic E-state index is 8.89. The molecule has 0 atom stereocenters. The van der Waals surface area contributed by atoms with Crippen LogP contribution in [0.2, 0.25) is 0 Å². The van der Waals surface area contributed by atoms with E-state index in [1.807, 2.05) is 11.3 Å². The third-order valence-corrected chi connectivity index (χ3v) is 5.16. The second kappa shape index (κ2) is 9.58. The molecule has 28 heavy (non-hydrogen) atoms. The molecule has 0 aliphatic rings. The van der Waals surface area contributed by atoms with Gasteiger partial charge in [-0.1, -0.05) is 66.7 Å². The van der Waals surface area contributed by atoms with Crippen molar-refractivity contribution in [1.82, 2.24) is 0 Å². The number of carboxylic acid groups (broad SMARTS) is 1. The number of rotatable bonds is 3. The number of aliphatic carboxylic acids is 1. The first kappa shape index (κ1) is 19.5. The van der Waals surface area contributed by atoms with Crippen LogP contribution in [0, 0.1) is 0 Å². The molecular formula is C25H20O2S. The largest absolute Gasteiger partial charge is 0.550 e. The van der Waals surface area contributed by atoms with Crippen LogP contribution in [-0.2, 0) is 4.79 Å². The average molecular weight is 385 g/mol. The van der Waals surface area contributed by atoms with Crippen molar-refractivity contribution in [3.05, 3.63) is 103 Å². The summed E-state index contributed by atoms with van der Waals surface area (Å²) >= 11 is 1.84. The van der Waals surface area contributed by atoms with Gasteiger partial charge >= 0.3 is 0 Å². The number of hydrogen-bond acceptors (Lipinski definition) is 2. The van der Waals surface area contributed by atoms with E-state index in [0.717, 1.165) is 6.92 Å². The Morgan fingerprint density at radius 3 is 1.29 bits per heavy atom. The number of carboxylic acids is 1. The molecule has 2 nitrogen and oxygen atoms in total. The summed E-state index contributed by atoms with van der Waals surface area (Å²) in [4.78, 5) is 11.5. The monoisotopic (exact) mass is 384 g/mol. The molecule has 0 unspecified atom stereocenters. The summed E-state index contributed by atoms with van der Waals surface area (Å²) < 4.78 is 0. The van der Waals surface area contributed by atoms with Crippen LogP contribution in [0.4, 0.5) is 0 Å². The van der Waals surface area contributed by atoms with Gasteiger partial charge < -0.3 is 9.90 Å². The number of hydrogen-bond donors (Lipinski definition) is 0. The fraction of sp³-hybridized carbons (Fsp3) is 0.0400. The van der Waals surface area contributed by atoms with Crippen molar-refractivity contribution in [1.29, 1.82) is 0 Å². The summed E-state index contributed by atoms with van der Waals surface area (Å²) in [6.45, 7) is 0.972. The Balaban J connectivity index is 0.000000516. The lowest BCUT2D eigenvalue weighted by molar-refractivity contribution is -0.302. The molecule has 0 radical (unpaired) electrons. The molecule has 3 heteroatoms. The number of carbonyl (C=O) groups excluding carboxylic acids is 1. The van der Waals surface area contributed by atoms with Crippen molar-refractivity contribution in [3.8, 4) is 32.0 Å². The van der Waals surface area contributed by atoms with E-state index in [1.54, 1.807) is 0 Å². The van der Waals surface area contributed by atoms with Gasteiger partial charge in [0.15, 0.2) is 0 Å². The molecule has 0 amide bonds. The Labute approximate surface area is 169 Å². The van der Waals surface area contributed by atoms with Gasteiger partial charge in [-0.15, -0.1) is 0 Å². The lowest BCUT2D eigenvalue weighted by atomic mass is 10.0. The fourth-order valence-corrected chi connectivity index (χ4v) is 3.90. The van der Waals surface area contributed by atoms with E-state index < -0.39 is 5.97 Å². The average Bonchev–Trinajstić information content (AvgIpc) is 2.75. The van der Waals surface area contributed by atoms with Gasteiger partial charge in [-0.25, -0.2) is 0 Å². The standard InChI is InChI=1S/C23H17S.C2H4O2/c1-4-10-18(11-5-1)21-16-22(19-12-6-2-7-13-19)24-23(17-21)20-14-8-3-9-15-20;1-2(3)4/h1-17H;1H3,(H,3,4)/q+1;/p-1. The quantitative estimate of drug-likeness (QED) is 0.420. The molecule has 0 bridgehead atoms. The Morgan fingerprint density at radius 1 is 0.607 bits per heavy atom. The Bertz CT molecular complexity index is 886. The molecule has 0 aliphatic carbocycles. The van der Waals surface area contributed by atoms with E-state index in [4.69, 9.17) is 9.90 Å². The predicted octanol–water partition coefficient (Wildman–Crippen LogP) is 5.79. The molecule has 0 aliphatic heterocycles. The van der Waals surface area contributed by atoms with Gasteiger partial charge in [0.05, 0.1) is 0 Å². The third kappa shape index (κ3) is 5.35. The van der Waals surface area contributed by atoms with Crippen molar-refractivity contribution < 1.29 is 9.90 Å². The van der Waals surface area contributed by atoms with Crippen molar-refractivity contribution in [3.63, 3.8) is 0 Å². The second-order valence-electron chi connectivity index (χ2n) is 6.16. The molecule has 4 rings (SSSR count). The minimum atomic E-state index is -1.08. The molecule has 0 saturated heterocycles. The van der Waals surface area contributed by atoms with Crippen molar-refractivity contribution >= 4 is 17.3 Å². The van der Waals surface area contributed by atoms with Crippen molar-refractivity contribution in [2.75, 3.05) is 0 Å². The Hall–Kier alpha value is -3.30. The molecule has 0 N–H and O–H groups in total. The third-order valence-electron chi connectivity index (χ3n) is 4.02. The van der Waals surface area contributed by atoms with E-state index in [-0.39, 0.29) is 0 Å². The van der Waals surface area contributed by atoms with Crippen LogP contribution >= 0.6 is 11.3 Å². The first-order valence-electron chi connectivity index (χ1n) is 8.95. The van der Waals surface area contributed by atoms with Gasteiger partial charge in [0, 0.05) is 29.2 Å². The summed E-state index contributed by atoms with van der Waals surface area (Å²) in [5.41, 5.74) is 5.03. The molecule has 0 spiro atoms. The summed E-state index contributed by atoms with van der Waals surface area (Å²) in [5, 5.41) is 8.89. The Morgan fingerprint density at radius 2 is 0.929 bits per heavy atom. The number of benzene rings is 3. The van der Waals surface area contributed by atoms with Gasteiger partial charge in [0.25, 0.3) is 0 Å². The number of carbonyl (C=O) groups is 1. The molecule has 1 heterocycles. The molecule has 1 aromatic heterocycles. The summed E-state index contributed by atoms with van der Waals surface area (Å²) in [6.07, 6.45) is 0. The van der Waals surface area contributed by atoms with Crippen LogP contribution < -0.4 is 5.11 Å². The van der Waals surface area contributed by atoms with E-state index in [2.05, 4.69) is 103 Å². The van der Waals surface area contributed by atoms with Crippen molar-refractivity contribution in [2.24, 2.45) is 0 Å². The summed E-state index contributed by atoms with van der Waals surface area (Å²) in [6, 6.07) is 36.4. The normalized spacial score (nSPS) is 9.89. The fourth-order valence-electron chi connectivity index (χ4n) is 2.79. The highest BCUT2D eigenvalue weighted by Gasteiger charge is 2.18. The topological polar surface area (TPSA) is 40.1 Å². The molecule has 3 aromatic carbocycles. The van der Waals surface area contributed by atoms with E-state index in [1.165, 1.54) is 32.0 Å². The van der Waals surface area contributed by atoms with Crippen LogP contribution in [0.25, 0.3) is 32.0 Å². The van der Waals surface area contributed by atoms with E-state index in [0.29, 0.717) is 0 Å². The lowest BCUT2D eigenvalue weighted by Crippen LogP contribution is -2.16. The van der Waals surface area contributed by atoms with Gasteiger partial charge in [0.2, 0.25) is 21.1 Å². The first-order chi connectivity index (χ1) is 13.6. The van der Waals surface area contributed by atoms with Crippen LogP contribution in [0.3, 0.4) is 0 Å². The second-order valence-corrected chi connectivity index (χ2v) is 7.25. The van der Waals surface area contributed by atoms with Crippen LogP contribution in [0.1, 0.15) is 6.92 Å². The van der Waals surface area contributed by atoms with Crippen LogP contribution in [0.5, 0.6) is 0 Å². The molecule has 0 fully saturated rings. The van der Waals surface area contributed by atoms with Gasteiger partial charge in [-0.2, -0.15) is 0 Å². The molecule has 138 valence electrons. The molecular weight excluding hydrogens is 364 g/mol. The van der Waals surface area contributed by atoms with E-state index >= 15 is 0 Å². The highest BCUT2D eigenvalue weighted by molar-refractivity contribution is 7.18. The Kier molecular flexibility index (Phi) is 6.66. The van der Waals surface area contributed by atoms with Crippen LogP contribution in [-0.4, -0.2) is 5.97 Å². The van der Waals surface area contributed by atoms with Gasteiger partial charge in [-0.05, 0) is 42.3 Å².